The van der Waals surface area contributed by atoms with Crippen molar-refractivity contribution >= 4 is 5.91 Å². The molecule has 3 heteroatoms. The van der Waals surface area contributed by atoms with E-state index in [1.54, 1.807) is 0 Å². The Bertz CT molecular complexity index is 271. The predicted octanol–water partition coefficient (Wildman–Crippen LogP) is 4.10. The van der Waals surface area contributed by atoms with Gasteiger partial charge in [0, 0.05) is 12.3 Å². The van der Waals surface area contributed by atoms with Crippen molar-refractivity contribution in [3.63, 3.8) is 0 Å². The van der Waals surface area contributed by atoms with Gasteiger partial charge in [0.1, 0.15) is 0 Å². The van der Waals surface area contributed by atoms with Gasteiger partial charge in [0.05, 0.1) is 27.2 Å². The van der Waals surface area contributed by atoms with E-state index in [1.807, 2.05) is 0 Å². The van der Waals surface area contributed by atoms with Crippen molar-refractivity contribution in [2.45, 2.75) is 84.1 Å². The smallest absolute Gasteiger partial charge is 0.217 e. The van der Waals surface area contributed by atoms with Crippen LogP contribution >= 0.6 is 0 Å². The van der Waals surface area contributed by atoms with E-state index >= 15 is 0 Å². The summed E-state index contributed by atoms with van der Waals surface area (Å²) in [5, 5.41) is 0. The molecule has 0 radical (unpaired) electrons. The summed E-state index contributed by atoms with van der Waals surface area (Å²) in [4.78, 5) is 11.4. The van der Waals surface area contributed by atoms with Crippen LogP contribution in [0.3, 0.4) is 0 Å². The number of carbonyl (C=O) groups excluding carboxylic acids is 1. The van der Waals surface area contributed by atoms with Crippen LogP contribution in [-0.4, -0.2) is 37.6 Å². The Morgan fingerprint density at radius 1 is 0.952 bits per heavy atom. The Morgan fingerprint density at radius 3 is 1.90 bits per heavy atom. The van der Waals surface area contributed by atoms with Gasteiger partial charge in [0.25, 0.3) is 0 Å². The molecule has 0 spiro atoms. The van der Waals surface area contributed by atoms with E-state index in [9.17, 15) is 4.79 Å². The molecule has 0 heterocycles. The summed E-state index contributed by atoms with van der Waals surface area (Å²) in [5.74, 6) is 0.290. The third kappa shape index (κ3) is 9.89. The van der Waals surface area contributed by atoms with Crippen LogP contribution in [0.25, 0.3) is 0 Å². The summed E-state index contributed by atoms with van der Waals surface area (Å²) >= 11 is 0. The molecule has 0 aliphatic carbocycles. The molecule has 2 unspecified atom stereocenters. The molecule has 3 nitrogen and oxygen atoms in total. The average Bonchev–Trinajstić information content (AvgIpc) is 2.35. The number of carbonyl (C=O) groups is 1. The van der Waals surface area contributed by atoms with Crippen LogP contribution in [0.4, 0.5) is 0 Å². The van der Waals surface area contributed by atoms with Gasteiger partial charge in [0.2, 0.25) is 5.91 Å². The molecule has 0 aliphatic rings. The summed E-state index contributed by atoms with van der Waals surface area (Å²) < 4.78 is 0.922. The monoisotopic (exact) mass is 299 g/mol. The Labute approximate surface area is 132 Å². The lowest BCUT2D eigenvalue weighted by molar-refractivity contribution is -0.900. The van der Waals surface area contributed by atoms with Gasteiger partial charge in [-0.2, -0.15) is 0 Å². The summed E-state index contributed by atoms with van der Waals surface area (Å²) in [5.41, 5.74) is 5.47. The molecule has 21 heavy (non-hydrogen) atoms. The Kier molecular flexibility index (Phi) is 10.8. The number of unbranched alkanes of at least 4 members (excludes halogenated alkanes) is 6. The lowest BCUT2D eigenvalue weighted by atomic mass is 9.86. The van der Waals surface area contributed by atoms with Crippen LogP contribution in [-0.2, 0) is 4.79 Å². The molecule has 0 rings (SSSR count). The number of quaternary nitrogens is 1. The zero-order valence-electron chi connectivity index (χ0n) is 15.2. The first-order chi connectivity index (χ1) is 9.82. The van der Waals surface area contributed by atoms with Crippen LogP contribution < -0.4 is 5.73 Å². The predicted molar refractivity (Wildman–Crippen MR) is 92.0 cm³/mol. The second-order valence-electron chi connectivity index (χ2n) is 7.43. The van der Waals surface area contributed by atoms with E-state index in [2.05, 4.69) is 35.0 Å². The molecule has 0 aliphatic heterocycles. The van der Waals surface area contributed by atoms with Gasteiger partial charge >= 0.3 is 0 Å². The number of nitrogens with zero attached hydrogens (tertiary/aromatic N) is 1. The topological polar surface area (TPSA) is 43.1 Å². The maximum Gasteiger partial charge on any atom is 0.217 e. The molecule has 0 aromatic heterocycles. The Balaban J connectivity index is 4.21. The Hall–Kier alpha value is -0.570. The van der Waals surface area contributed by atoms with Crippen LogP contribution in [0, 0.1) is 5.92 Å². The first-order valence-corrected chi connectivity index (χ1v) is 8.92. The molecule has 0 bridgehead atoms. The molecule has 0 saturated carbocycles. The van der Waals surface area contributed by atoms with Gasteiger partial charge in [-0.15, -0.1) is 0 Å². The highest BCUT2D eigenvalue weighted by molar-refractivity contribution is 5.74. The number of hydrogen-bond acceptors (Lipinski definition) is 1. The SMILES string of the molecule is CCCCCCCCCC(CC(N)=O)C(CC)[N+](C)(C)C. The van der Waals surface area contributed by atoms with Crippen LogP contribution in [0.2, 0.25) is 0 Å². The van der Waals surface area contributed by atoms with Gasteiger partial charge in [-0.05, 0) is 12.8 Å². The molecule has 0 fully saturated rings. The van der Waals surface area contributed by atoms with Crippen molar-refractivity contribution in [2.75, 3.05) is 21.1 Å². The van der Waals surface area contributed by atoms with E-state index in [4.69, 9.17) is 5.73 Å². The van der Waals surface area contributed by atoms with Gasteiger partial charge in [0.15, 0.2) is 0 Å². The Morgan fingerprint density at radius 2 is 1.48 bits per heavy atom. The third-order valence-corrected chi connectivity index (χ3v) is 4.60. The van der Waals surface area contributed by atoms with Gasteiger partial charge in [-0.25, -0.2) is 0 Å². The third-order valence-electron chi connectivity index (χ3n) is 4.60. The highest BCUT2D eigenvalue weighted by atomic mass is 16.1. The van der Waals surface area contributed by atoms with E-state index in [0.29, 0.717) is 18.4 Å². The maximum absolute atomic E-state index is 11.4. The standard InChI is InChI=1S/C18H38N2O/c1-6-8-9-10-11-12-13-14-16(15-18(19)21)17(7-2)20(3,4)5/h16-17H,6-15H2,1-5H3,(H-,19,21)/p+1. The molecule has 126 valence electrons. The molecule has 0 saturated heterocycles. The second kappa shape index (κ2) is 11.1. The fourth-order valence-corrected chi connectivity index (χ4v) is 3.57. The lowest BCUT2D eigenvalue weighted by Crippen LogP contribution is -2.49. The summed E-state index contributed by atoms with van der Waals surface area (Å²) in [6.07, 6.45) is 12.1. The van der Waals surface area contributed by atoms with Crippen molar-refractivity contribution in [2.24, 2.45) is 11.7 Å². The number of amides is 1. The normalized spacial score (nSPS) is 14.9. The lowest BCUT2D eigenvalue weighted by Gasteiger charge is -2.38. The van der Waals surface area contributed by atoms with Crippen molar-refractivity contribution in [1.29, 1.82) is 0 Å². The quantitative estimate of drug-likeness (QED) is 0.404. The molecule has 2 N–H and O–H groups in total. The first-order valence-electron chi connectivity index (χ1n) is 8.92. The van der Waals surface area contributed by atoms with Gasteiger partial charge in [-0.3, -0.25) is 4.79 Å². The fourth-order valence-electron chi connectivity index (χ4n) is 3.57. The number of nitrogens with two attached hydrogens (primary N) is 1. The van der Waals surface area contributed by atoms with Crippen molar-refractivity contribution in [1.82, 2.24) is 0 Å². The van der Waals surface area contributed by atoms with Crippen LogP contribution in [0.15, 0.2) is 0 Å². The van der Waals surface area contributed by atoms with Gasteiger partial charge in [-0.1, -0.05) is 58.8 Å². The minimum absolute atomic E-state index is 0.144. The molecular formula is C18H39N2O+. The molecule has 1 amide bonds. The molecule has 2 atom stereocenters. The number of primary amides is 1. The summed E-state index contributed by atoms with van der Waals surface area (Å²) in [6, 6.07) is 0.526. The summed E-state index contributed by atoms with van der Waals surface area (Å²) in [7, 11) is 6.69. The molecular weight excluding hydrogens is 260 g/mol. The minimum Gasteiger partial charge on any atom is -0.370 e. The first kappa shape index (κ1) is 20.4. The van der Waals surface area contributed by atoms with E-state index in [-0.39, 0.29) is 5.91 Å². The number of rotatable bonds is 13. The average molecular weight is 300 g/mol. The van der Waals surface area contributed by atoms with Gasteiger partial charge < -0.3 is 10.2 Å². The minimum atomic E-state index is -0.144. The molecule has 0 aromatic rings. The van der Waals surface area contributed by atoms with Crippen molar-refractivity contribution in [3.05, 3.63) is 0 Å². The highest BCUT2D eigenvalue weighted by Crippen LogP contribution is 2.26. The molecule has 0 aromatic carbocycles. The van der Waals surface area contributed by atoms with E-state index < -0.39 is 0 Å². The van der Waals surface area contributed by atoms with Crippen LogP contribution in [0.1, 0.15) is 78.1 Å². The van der Waals surface area contributed by atoms with Crippen molar-refractivity contribution in [3.8, 4) is 0 Å². The van der Waals surface area contributed by atoms with E-state index in [0.717, 1.165) is 17.3 Å². The fraction of sp³-hybridized carbons (Fsp3) is 0.944. The zero-order valence-corrected chi connectivity index (χ0v) is 15.2. The van der Waals surface area contributed by atoms with Crippen LogP contribution in [0.5, 0.6) is 0 Å². The zero-order chi connectivity index (χ0) is 16.3. The largest absolute Gasteiger partial charge is 0.370 e. The summed E-state index contributed by atoms with van der Waals surface area (Å²) in [6.45, 7) is 4.48. The van der Waals surface area contributed by atoms with Crippen molar-refractivity contribution < 1.29 is 9.28 Å². The number of hydrogen-bond donors (Lipinski definition) is 1. The van der Waals surface area contributed by atoms with E-state index in [1.165, 1.54) is 44.9 Å². The maximum atomic E-state index is 11.4. The highest BCUT2D eigenvalue weighted by Gasteiger charge is 2.31. The second-order valence-corrected chi connectivity index (χ2v) is 7.43.